The molecule has 4 aromatic rings. The molecular formula is C22H22N4OS. The van der Waals surface area contributed by atoms with E-state index in [0.29, 0.717) is 6.54 Å². The van der Waals surface area contributed by atoms with E-state index in [0.717, 1.165) is 27.3 Å². The summed E-state index contributed by atoms with van der Waals surface area (Å²) in [6, 6.07) is 20.3. The minimum Gasteiger partial charge on any atom is -0.340 e. The third kappa shape index (κ3) is 3.47. The molecule has 0 fully saturated rings. The molecule has 0 unspecified atom stereocenters. The molecule has 2 heterocycles. The van der Waals surface area contributed by atoms with Crippen molar-refractivity contribution in [3.63, 3.8) is 0 Å². The number of fused-ring (bicyclic) bond motifs is 3. The van der Waals surface area contributed by atoms with Gasteiger partial charge in [0.05, 0.1) is 10.8 Å². The van der Waals surface area contributed by atoms with Crippen LogP contribution >= 0.6 is 11.8 Å². The number of rotatable bonds is 5. The summed E-state index contributed by atoms with van der Waals surface area (Å²) in [4.78, 5) is 14.6. The number of thioether (sulfide) groups is 1. The Hall–Kier alpha value is -2.86. The van der Waals surface area contributed by atoms with E-state index in [1.54, 1.807) is 4.90 Å². The van der Waals surface area contributed by atoms with Gasteiger partial charge in [0.1, 0.15) is 0 Å². The molecule has 0 aliphatic carbocycles. The lowest BCUT2D eigenvalue weighted by Gasteiger charge is -2.21. The van der Waals surface area contributed by atoms with Crippen LogP contribution in [0.2, 0.25) is 0 Å². The highest BCUT2D eigenvalue weighted by Gasteiger charge is 2.22. The first kappa shape index (κ1) is 18.5. The van der Waals surface area contributed by atoms with Gasteiger partial charge in [-0.25, -0.2) is 0 Å². The third-order valence-corrected chi connectivity index (χ3v) is 5.87. The predicted octanol–water partition coefficient (Wildman–Crippen LogP) is 4.33. The van der Waals surface area contributed by atoms with E-state index < -0.39 is 0 Å². The van der Waals surface area contributed by atoms with Crippen molar-refractivity contribution in [2.45, 2.75) is 30.8 Å². The number of aryl methyl sites for hydroxylation is 1. The zero-order chi connectivity index (χ0) is 19.7. The highest BCUT2D eigenvalue weighted by molar-refractivity contribution is 8.00. The number of carbonyl (C=O) groups is 1. The number of benzene rings is 2. The van der Waals surface area contributed by atoms with Crippen LogP contribution in [-0.2, 0) is 11.3 Å². The topological polar surface area (TPSA) is 50.5 Å². The van der Waals surface area contributed by atoms with Crippen LogP contribution in [-0.4, -0.2) is 37.7 Å². The van der Waals surface area contributed by atoms with Crippen molar-refractivity contribution in [3.05, 3.63) is 71.8 Å². The smallest absolute Gasteiger partial charge is 0.235 e. The molecule has 2 aromatic carbocycles. The Labute approximate surface area is 168 Å². The van der Waals surface area contributed by atoms with Gasteiger partial charge < -0.3 is 4.90 Å². The van der Waals surface area contributed by atoms with Gasteiger partial charge >= 0.3 is 0 Å². The fraction of sp³-hybridized carbons (Fsp3) is 0.227. The first-order chi connectivity index (χ1) is 13.5. The maximum absolute atomic E-state index is 12.9. The Bertz CT molecular complexity index is 1140. The Morgan fingerprint density at radius 3 is 2.61 bits per heavy atom. The zero-order valence-electron chi connectivity index (χ0n) is 16.2. The second-order valence-corrected chi connectivity index (χ2v) is 8.27. The average Bonchev–Trinajstić information content (AvgIpc) is 3.10. The second kappa shape index (κ2) is 7.64. The summed E-state index contributed by atoms with van der Waals surface area (Å²) in [5.41, 5.74) is 4.14. The maximum Gasteiger partial charge on any atom is 0.235 e. The SMILES string of the molecule is Cc1cc2nnc(S[C@@H](C)C(=O)N(C)Cc3ccccc3)n2c2ccccc12. The zero-order valence-corrected chi connectivity index (χ0v) is 17.0. The molecule has 0 N–H and O–H groups in total. The molecule has 28 heavy (non-hydrogen) atoms. The molecule has 1 amide bonds. The number of amides is 1. The van der Waals surface area contributed by atoms with Crippen LogP contribution in [0.5, 0.6) is 0 Å². The van der Waals surface area contributed by atoms with E-state index in [-0.39, 0.29) is 11.2 Å². The van der Waals surface area contributed by atoms with Gasteiger partial charge in [-0.3, -0.25) is 9.20 Å². The normalized spacial score (nSPS) is 12.4. The molecule has 0 bridgehead atoms. The number of pyridine rings is 1. The summed E-state index contributed by atoms with van der Waals surface area (Å²) >= 11 is 1.45. The lowest BCUT2D eigenvalue weighted by molar-refractivity contribution is -0.129. The van der Waals surface area contributed by atoms with Crippen LogP contribution < -0.4 is 0 Å². The van der Waals surface area contributed by atoms with Crippen molar-refractivity contribution in [2.24, 2.45) is 0 Å². The summed E-state index contributed by atoms with van der Waals surface area (Å²) in [5, 5.41) is 10.3. The van der Waals surface area contributed by atoms with Gasteiger partial charge in [0.25, 0.3) is 0 Å². The number of hydrogen-bond acceptors (Lipinski definition) is 4. The van der Waals surface area contributed by atoms with Gasteiger partial charge in [-0.05, 0) is 37.1 Å². The summed E-state index contributed by atoms with van der Waals surface area (Å²) in [7, 11) is 1.84. The molecule has 4 rings (SSSR count). The molecule has 142 valence electrons. The third-order valence-electron chi connectivity index (χ3n) is 4.84. The molecular weight excluding hydrogens is 368 g/mol. The van der Waals surface area contributed by atoms with Crippen molar-refractivity contribution in [1.29, 1.82) is 0 Å². The fourth-order valence-electron chi connectivity index (χ4n) is 3.41. The standard InChI is InChI=1S/C22H22N4OS/c1-15-13-20-23-24-22(26(20)19-12-8-7-11-18(15)19)28-16(2)21(27)25(3)14-17-9-5-4-6-10-17/h4-13,16H,14H2,1-3H3/t16-/m0/s1. The van der Waals surface area contributed by atoms with Gasteiger partial charge in [-0.1, -0.05) is 60.3 Å². The van der Waals surface area contributed by atoms with Crippen LogP contribution in [0.1, 0.15) is 18.1 Å². The summed E-state index contributed by atoms with van der Waals surface area (Å²) in [5.74, 6) is 0.0713. The minimum atomic E-state index is -0.263. The second-order valence-electron chi connectivity index (χ2n) is 6.96. The lowest BCUT2D eigenvalue weighted by atomic mass is 10.1. The average molecular weight is 391 g/mol. The number of para-hydroxylation sites is 1. The van der Waals surface area contributed by atoms with Crippen molar-refractivity contribution in [2.75, 3.05) is 7.05 Å². The summed E-state index contributed by atoms with van der Waals surface area (Å²) in [6.45, 7) is 4.59. The highest BCUT2D eigenvalue weighted by atomic mass is 32.2. The Morgan fingerprint density at radius 2 is 1.82 bits per heavy atom. The van der Waals surface area contributed by atoms with Crippen LogP contribution in [0, 0.1) is 6.92 Å². The van der Waals surface area contributed by atoms with Crippen molar-refractivity contribution in [1.82, 2.24) is 19.5 Å². The lowest BCUT2D eigenvalue weighted by Crippen LogP contribution is -2.32. The molecule has 0 spiro atoms. The fourth-order valence-corrected chi connectivity index (χ4v) is 4.39. The van der Waals surface area contributed by atoms with Crippen LogP contribution in [0.15, 0.2) is 65.8 Å². The Kier molecular flexibility index (Phi) is 5.05. The quantitative estimate of drug-likeness (QED) is 0.476. The first-order valence-electron chi connectivity index (χ1n) is 9.23. The van der Waals surface area contributed by atoms with E-state index in [1.807, 2.05) is 66.9 Å². The number of nitrogens with zero attached hydrogens (tertiary/aromatic N) is 4. The van der Waals surface area contributed by atoms with Gasteiger partial charge in [0, 0.05) is 19.0 Å². The van der Waals surface area contributed by atoms with E-state index in [1.165, 1.54) is 17.3 Å². The monoisotopic (exact) mass is 390 g/mol. The summed E-state index contributed by atoms with van der Waals surface area (Å²) in [6.07, 6.45) is 0. The van der Waals surface area contributed by atoms with E-state index >= 15 is 0 Å². The van der Waals surface area contributed by atoms with Gasteiger partial charge in [0.15, 0.2) is 10.8 Å². The van der Waals surface area contributed by atoms with Gasteiger partial charge in [0.2, 0.25) is 5.91 Å². The van der Waals surface area contributed by atoms with Crippen molar-refractivity contribution in [3.8, 4) is 0 Å². The first-order valence-corrected chi connectivity index (χ1v) is 10.1. The number of carbonyl (C=O) groups excluding carboxylic acids is 1. The molecule has 6 heteroatoms. The number of aromatic nitrogens is 3. The highest BCUT2D eigenvalue weighted by Crippen LogP contribution is 2.28. The Morgan fingerprint density at radius 1 is 1.11 bits per heavy atom. The molecule has 1 atom stereocenters. The van der Waals surface area contributed by atoms with Crippen molar-refractivity contribution < 1.29 is 4.79 Å². The molecule has 5 nitrogen and oxygen atoms in total. The molecule has 0 aliphatic rings. The molecule has 0 aliphatic heterocycles. The van der Waals surface area contributed by atoms with Crippen molar-refractivity contribution >= 4 is 34.2 Å². The van der Waals surface area contributed by atoms with E-state index in [2.05, 4.69) is 29.3 Å². The summed E-state index contributed by atoms with van der Waals surface area (Å²) < 4.78 is 2.04. The molecule has 0 saturated heterocycles. The number of hydrogen-bond donors (Lipinski definition) is 0. The van der Waals surface area contributed by atoms with Gasteiger partial charge in [-0.15, -0.1) is 10.2 Å². The Balaban J connectivity index is 1.59. The van der Waals surface area contributed by atoms with Crippen LogP contribution in [0.25, 0.3) is 16.6 Å². The van der Waals surface area contributed by atoms with Crippen LogP contribution in [0.4, 0.5) is 0 Å². The maximum atomic E-state index is 12.9. The van der Waals surface area contributed by atoms with E-state index in [4.69, 9.17) is 0 Å². The van der Waals surface area contributed by atoms with E-state index in [9.17, 15) is 4.79 Å². The molecule has 0 saturated carbocycles. The predicted molar refractivity (Wildman–Crippen MR) is 113 cm³/mol. The van der Waals surface area contributed by atoms with Gasteiger partial charge in [-0.2, -0.15) is 0 Å². The molecule has 0 radical (unpaired) electrons. The van der Waals surface area contributed by atoms with Crippen LogP contribution in [0.3, 0.4) is 0 Å². The minimum absolute atomic E-state index is 0.0713. The largest absolute Gasteiger partial charge is 0.340 e. The molecule has 2 aromatic heterocycles.